The molecule has 1 aromatic rings. The van der Waals surface area contributed by atoms with Crippen LogP contribution in [-0.2, 0) is 7.05 Å². The van der Waals surface area contributed by atoms with E-state index in [0.717, 1.165) is 23.7 Å². The molecule has 0 aliphatic heterocycles. The van der Waals surface area contributed by atoms with Gasteiger partial charge in [0.2, 0.25) is 0 Å². The number of hydrogen-bond acceptors (Lipinski definition) is 3. The first-order valence-electron chi connectivity index (χ1n) is 3.97. The number of anilines is 1. The Balaban J connectivity index is 2.45. The topological polar surface area (TPSA) is 29.9 Å². The lowest BCUT2D eigenvalue weighted by atomic mass is 10.4. The highest BCUT2D eigenvalue weighted by Crippen LogP contribution is 2.10. The number of thioether (sulfide) groups is 1. The van der Waals surface area contributed by atoms with Crippen molar-refractivity contribution in [2.75, 3.05) is 23.9 Å². The molecule has 1 rings (SSSR count). The highest BCUT2D eigenvalue weighted by Gasteiger charge is 2.00. The molecule has 0 spiro atoms. The fraction of sp³-hybridized carbons (Fsp3) is 0.625. The Morgan fingerprint density at radius 1 is 1.67 bits per heavy atom. The van der Waals surface area contributed by atoms with Gasteiger partial charge in [-0.25, -0.2) is 0 Å². The van der Waals surface area contributed by atoms with Gasteiger partial charge in [0.1, 0.15) is 0 Å². The minimum atomic E-state index is 1.01. The highest BCUT2D eigenvalue weighted by atomic mass is 32.2. The number of aromatic nitrogens is 2. The summed E-state index contributed by atoms with van der Waals surface area (Å²) in [4.78, 5) is 0. The number of rotatable bonds is 4. The van der Waals surface area contributed by atoms with Crippen molar-refractivity contribution in [1.82, 2.24) is 9.78 Å². The van der Waals surface area contributed by atoms with Crippen LogP contribution < -0.4 is 5.32 Å². The highest BCUT2D eigenvalue weighted by molar-refractivity contribution is 7.98. The van der Waals surface area contributed by atoms with Crippen LogP contribution in [0.3, 0.4) is 0 Å². The molecule has 1 heterocycles. The van der Waals surface area contributed by atoms with Crippen LogP contribution >= 0.6 is 11.8 Å². The molecule has 12 heavy (non-hydrogen) atoms. The molecule has 0 atom stereocenters. The van der Waals surface area contributed by atoms with Crippen LogP contribution in [0.2, 0.25) is 0 Å². The van der Waals surface area contributed by atoms with E-state index in [4.69, 9.17) is 0 Å². The molecule has 0 fully saturated rings. The van der Waals surface area contributed by atoms with Crippen molar-refractivity contribution in [3.8, 4) is 0 Å². The first-order chi connectivity index (χ1) is 5.74. The fourth-order valence-electron chi connectivity index (χ4n) is 1.06. The van der Waals surface area contributed by atoms with E-state index in [9.17, 15) is 0 Å². The second kappa shape index (κ2) is 4.40. The van der Waals surface area contributed by atoms with Gasteiger partial charge < -0.3 is 5.32 Å². The number of nitrogens with zero attached hydrogens (tertiary/aromatic N) is 2. The van der Waals surface area contributed by atoms with Crippen molar-refractivity contribution in [3.05, 3.63) is 11.9 Å². The number of hydrogen-bond donors (Lipinski definition) is 1. The van der Waals surface area contributed by atoms with Gasteiger partial charge in [-0.3, -0.25) is 4.68 Å². The second-order valence-corrected chi connectivity index (χ2v) is 3.71. The summed E-state index contributed by atoms with van der Waals surface area (Å²) in [5, 5.41) is 7.57. The maximum atomic E-state index is 4.24. The molecule has 0 aliphatic carbocycles. The molecule has 0 unspecified atom stereocenters. The van der Waals surface area contributed by atoms with Crippen molar-refractivity contribution in [1.29, 1.82) is 0 Å². The average Bonchev–Trinajstić information content (AvgIpc) is 2.31. The number of aryl methyl sites for hydroxylation is 2. The van der Waals surface area contributed by atoms with E-state index < -0.39 is 0 Å². The summed E-state index contributed by atoms with van der Waals surface area (Å²) < 4.78 is 1.83. The average molecular weight is 185 g/mol. The lowest BCUT2D eigenvalue weighted by molar-refractivity contribution is 0.756. The molecule has 1 N–H and O–H groups in total. The van der Waals surface area contributed by atoms with Crippen LogP contribution in [0.25, 0.3) is 0 Å². The number of nitrogens with one attached hydrogen (secondary N) is 1. The van der Waals surface area contributed by atoms with Crippen LogP contribution in [0.1, 0.15) is 5.69 Å². The van der Waals surface area contributed by atoms with Crippen LogP contribution in [0.15, 0.2) is 6.20 Å². The van der Waals surface area contributed by atoms with Crippen LogP contribution in [-0.4, -0.2) is 28.3 Å². The van der Waals surface area contributed by atoms with Crippen LogP contribution in [0.4, 0.5) is 5.69 Å². The third-order valence-corrected chi connectivity index (χ3v) is 2.25. The third kappa shape index (κ3) is 2.44. The van der Waals surface area contributed by atoms with Gasteiger partial charge in [-0.1, -0.05) is 0 Å². The smallest absolute Gasteiger partial charge is 0.0824 e. The van der Waals surface area contributed by atoms with Gasteiger partial charge in [0, 0.05) is 25.5 Å². The Hall–Kier alpha value is -0.640. The molecule has 0 saturated carbocycles. The van der Waals surface area contributed by atoms with E-state index in [1.165, 1.54) is 0 Å². The minimum Gasteiger partial charge on any atom is -0.381 e. The lowest BCUT2D eigenvalue weighted by Gasteiger charge is -2.01. The van der Waals surface area contributed by atoms with E-state index in [-0.39, 0.29) is 0 Å². The van der Waals surface area contributed by atoms with E-state index in [1.807, 2.05) is 36.6 Å². The molecular formula is C8H15N3S. The normalized spacial score (nSPS) is 10.2. The predicted octanol–water partition coefficient (Wildman–Crippen LogP) is 1.50. The van der Waals surface area contributed by atoms with Crippen molar-refractivity contribution in [2.24, 2.45) is 7.05 Å². The Bertz CT molecular complexity index is 244. The fourth-order valence-corrected chi connectivity index (χ4v) is 1.37. The molecule has 0 amide bonds. The zero-order chi connectivity index (χ0) is 8.97. The first-order valence-corrected chi connectivity index (χ1v) is 5.36. The van der Waals surface area contributed by atoms with Gasteiger partial charge in [0.15, 0.2) is 0 Å². The quantitative estimate of drug-likeness (QED) is 0.721. The first kappa shape index (κ1) is 9.45. The van der Waals surface area contributed by atoms with Gasteiger partial charge in [-0.2, -0.15) is 16.9 Å². The molecule has 0 aliphatic rings. The van der Waals surface area contributed by atoms with Crippen molar-refractivity contribution in [2.45, 2.75) is 6.92 Å². The van der Waals surface area contributed by atoms with Gasteiger partial charge in [-0.05, 0) is 13.2 Å². The minimum absolute atomic E-state index is 1.01. The van der Waals surface area contributed by atoms with E-state index in [1.54, 1.807) is 0 Å². The lowest BCUT2D eigenvalue weighted by Crippen LogP contribution is -2.03. The van der Waals surface area contributed by atoms with Gasteiger partial charge in [-0.15, -0.1) is 0 Å². The Kier molecular flexibility index (Phi) is 3.47. The maximum absolute atomic E-state index is 4.24. The molecule has 68 valence electrons. The van der Waals surface area contributed by atoms with Gasteiger partial charge >= 0.3 is 0 Å². The monoisotopic (exact) mass is 185 g/mol. The van der Waals surface area contributed by atoms with E-state index in [0.29, 0.717) is 0 Å². The summed E-state index contributed by atoms with van der Waals surface area (Å²) in [6.07, 6.45) is 4.12. The summed E-state index contributed by atoms with van der Waals surface area (Å²) in [5.74, 6) is 1.13. The summed E-state index contributed by atoms with van der Waals surface area (Å²) in [7, 11) is 1.94. The SMILES string of the molecule is CSCCNc1cn(C)nc1C. The van der Waals surface area contributed by atoms with Crippen molar-refractivity contribution < 1.29 is 0 Å². The molecule has 0 aromatic carbocycles. The zero-order valence-electron chi connectivity index (χ0n) is 7.79. The van der Waals surface area contributed by atoms with Crippen molar-refractivity contribution >= 4 is 17.4 Å². The summed E-state index contributed by atoms with van der Waals surface area (Å²) >= 11 is 1.84. The Morgan fingerprint density at radius 2 is 2.42 bits per heavy atom. The molecule has 1 aromatic heterocycles. The zero-order valence-corrected chi connectivity index (χ0v) is 8.61. The maximum Gasteiger partial charge on any atom is 0.0824 e. The summed E-state index contributed by atoms with van der Waals surface area (Å²) in [5.41, 5.74) is 2.21. The molecule has 0 bridgehead atoms. The van der Waals surface area contributed by atoms with Crippen LogP contribution in [0.5, 0.6) is 0 Å². The van der Waals surface area contributed by atoms with Crippen molar-refractivity contribution in [3.63, 3.8) is 0 Å². The summed E-state index contributed by atoms with van der Waals surface area (Å²) in [6.45, 7) is 3.02. The Morgan fingerprint density at radius 3 is 2.92 bits per heavy atom. The molecule has 0 saturated heterocycles. The summed E-state index contributed by atoms with van der Waals surface area (Å²) in [6, 6.07) is 0. The molecular weight excluding hydrogens is 170 g/mol. The molecule has 4 heteroatoms. The van der Waals surface area contributed by atoms with Gasteiger partial charge in [0.05, 0.1) is 11.4 Å². The van der Waals surface area contributed by atoms with E-state index in [2.05, 4.69) is 16.7 Å². The molecule has 0 radical (unpaired) electrons. The Labute approximate surface area is 77.5 Å². The van der Waals surface area contributed by atoms with Gasteiger partial charge in [0.25, 0.3) is 0 Å². The largest absolute Gasteiger partial charge is 0.381 e. The standard InChI is InChI=1S/C8H15N3S/c1-7-8(6-11(2)10-7)9-4-5-12-3/h6,9H,4-5H2,1-3H3. The van der Waals surface area contributed by atoms with E-state index >= 15 is 0 Å². The van der Waals surface area contributed by atoms with Crippen LogP contribution in [0, 0.1) is 6.92 Å². The second-order valence-electron chi connectivity index (χ2n) is 2.72. The predicted molar refractivity (Wildman–Crippen MR) is 54.8 cm³/mol. The molecule has 3 nitrogen and oxygen atoms in total. The third-order valence-electron chi connectivity index (χ3n) is 1.64.